The molecular weight excluding hydrogens is 278 g/mol. The van der Waals surface area contributed by atoms with Crippen LogP contribution in [-0.4, -0.2) is 38.5 Å². The van der Waals surface area contributed by atoms with Gasteiger partial charge in [0.25, 0.3) is 0 Å². The van der Waals surface area contributed by atoms with Gasteiger partial charge >= 0.3 is 5.97 Å². The van der Waals surface area contributed by atoms with Gasteiger partial charge in [-0.2, -0.15) is 0 Å². The molecule has 2 N–H and O–H groups in total. The molecule has 20 heavy (non-hydrogen) atoms. The van der Waals surface area contributed by atoms with Crippen LogP contribution in [0.3, 0.4) is 0 Å². The maximum atomic E-state index is 12.0. The fraction of sp³-hybridized carbons (Fsp3) is 0.500. The lowest BCUT2D eigenvalue weighted by Crippen LogP contribution is -2.40. The van der Waals surface area contributed by atoms with Gasteiger partial charge in [-0.3, -0.25) is 4.79 Å². The maximum absolute atomic E-state index is 12.0. The Labute approximate surface area is 119 Å². The van der Waals surface area contributed by atoms with Crippen molar-refractivity contribution in [1.82, 2.24) is 0 Å². The van der Waals surface area contributed by atoms with E-state index >= 15 is 0 Å². The molecule has 0 radical (unpaired) electrons. The standard InChI is InChI=1S/C14H19NO4S/c1-19-14(16)13(10-5-3-2-4-6-10)12(15)9-20(17,18)11-7-8-11/h2-6,11-13H,7-9,15H2,1H3. The molecule has 1 aliphatic rings. The summed E-state index contributed by atoms with van der Waals surface area (Å²) in [5.41, 5.74) is 6.68. The highest BCUT2D eigenvalue weighted by atomic mass is 32.2. The van der Waals surface area contributed by atoms with Gasteiger partial charge in [0.15, 0.2) is 9.84 Å². The molecule has 0 saturated heterocycles. The van der Waals surface area contributed by atoms with E-state index in [1.54, 1.807) is 24.3 Å². The van der Waals surface area contributed by atoms with Gasteiger partial charge in [-0.05, 0) is 18.4 Å². The first-order valence-electron chi connectivity index (χ1n) is 6.55. The van der Waals surface area contributed by atoms with Crippen LogP contribution in [0, 0.1) is 0 Å². The second-order valence-corrected chi connectivity index (χ2v) is 7.43. The van der Waals surface area contributed by atoms with Crippen LogP contribution >= 0.6 is 0 Å². The van der Waals surface area contributed by atoms with E-state index in [9.17, 15) is 13.2 Å². The molecule has 1 saturated carbocycles. The molecule has 1 aliphatic carbocycles. The highest BCUT2D eigenvalue weighted by Crippen LogP contribution is 2.31. The molecular formula is C14H19NO4S. The van der Waals surface area contributed by atoms with Crippen LogP contribution in [0.25, 0.3) is 0 Å². The zero-order chi connectivity index (χ0) is 14.8. The Hall–Kier alpha value is -1.40. The molecule has 110 valence electrons. The number of carbonyl (C=O) groups excluding carboxylic acids is 1. The highest BCUT2D eigenvalue weighted by molar-refractivity contribution is 7.92. The summed E-state index contributed by atoms with van der Waals surface area (Å²) >= 11 is 0. The quantitative estimate of drug-likeness (QED) is 0.787. The summed E-state index contributed by atoms with van der Waals surface area (Å²) in [6.07, 6.45) is 1.40. The number of hydrogen-bond donors (Lipinski definition) is 1. The zero-order valence-electron chi connectivity index (χ0n) is 11.4. The van der Waals surface area contributed by atoms with E-state index in [0.29, 0.717) is 18.4 Å². The Morgan fingerprint density at radius 2 is 1.95 bits per heavy atom. The number of hydrogen-bond acceptors (Lipinski definition) is 5. The van der Waals surface area contributed by atoms with Gasteiger partial charge in [0.2, 0.25) is 0 Å². The average molecular weight is 297 g/mol. The van der Waals surface area contributed by atoms with Crippen molar-refractivity contribution in [3.63, 3.8) is 0 Å². The number of sulfone groups is 1. The third-order valence-corrected chi connectivity index (χ3v) is 5.84. The predicted molar refractivity (Wildman–Crippen MR) is 76.0 cm³/mol. The number of rotatable bonds is 6. The second kappa shape index (κ2) is 5.93. The first-order valence-corrected chi connectivity index (χ1v) is 8.27. The first kappa shape index (κ1) is 15.0. The number of benzene rings is 1. The molecule has 1 aromatic carbocycles. The SMILES string of the molecule is COC(=O)C(c1ccccc1)C(N)CS(=O)(=O)C1CC1. The second-order valence-electron chi connectivity index (χ2n) is 5.10. The van der Waals surface area contributed by atoms with E-state index in [4.69, 9.17) is 10.5 Å². The Morgan fingerprint density at radius 3 is 2.45 bits per heavy atom. The molecule has 5 nitrogen and oxygen atoms in total. The summed E-state index contributed by atoms with van der Waals surface area (Å²) in [5.74, 6) is -1.45. The summed E-state index contributed by atoms with van der Waals surface area (Å²) in [5, 5.41) is -0.275. The van der Waals surface area contributed by atoms with E-state index in [0.717, 1.165) is 0 Å². The number of nitrogens with two attached hydrogens (primary N) is 1. The lowest BCUT2D eigenvalue weighted by atomic mass is 9.93. The third kappa shape index (κ3) is 3.37. The van der Waals surface area contributed by atoms with Gasteiger partial charge < -0.3 is 10.5 Å². The Bertz CT molecular complexity index is 566. The molecule has 2 rings (SSSR count). The predicted octanol–water partition coefficient (Wildman–Crippen LogP) is 0.848. The van der Waals surface area contributed by atoms with Crippen molar-refractivity contribution >= 4 is 15.8 Å². The van der Waals surface area contributed by atoms with Gasteiger partial charge in [-0.25, -0.2) is 8.42 Å². The lowest BCUT2D eigenvalue weighted by Gasteiger charge is -2.22. The summed E-state index contributed by atoms with van der Waals surface area (Å²) in [7, 11) is -1.94. The number of esters is 1. The molecule has 1 aromatic rings. The lowest BCUT2D eigenvalue weighted by molar-refractivity contribution is -0.142. The summed E-state index contributed by atoms with van der Waals surface area (Å²) < 4.78 is 28.8. The van der Waals surface area contributed by atoms with Crippen LogP contribution in [0.2, 0.25) is 0 Å². The van der Waals surface area contributed by atoms with Crippen LogP contribution in [0.5, 0.6) is 0 Å². The van der Waals surface area contributed by atoms with E-state index in [1.807, 2.05) is 6.07 Å². The molecule has 0 aliphatic heterocycles. The van der Waals surface area contributed by atoms with Crippen LogP contribution in [0.4, 0.5) is 0 Å². The minimum atomic E-state index is -3.21. The van der Waals surface area contributed by atoms with E-state index < -0.39 is 27.8 Å². The monoisotopic (exact) mass is 297 g/mol. The maximum Gasteiger partial charge on any atom is 0.314 e. The van der Waals surface area contributed by atoms with Crippen molar-refractivity contribution in [2.24, 2.45) is 5.73 Å². The van der Waals surface area contributed by atoms with E-state index in [1.165, 1.54) is 7.11 Å². The molecule has 2 unspecified atom stereocenters. The van der Waals surface area contributed by atoms with Crippen LogP contribution in [-0.2, 0) is 19.4 Å². The number of ether oxygens (including phenoxy) is 1. The Balaban J connectivity index is 2.20. The van der Waals surface area contributed by atoms with Crippen LogP contribution < -0.4 is 5.73 Å². The third-order valence-electron chi connectivity index (χ3n) is 3.50. The summed E-state index contributed by atoms with van der Waals surface area (Å²) in [6.45, 7) is 0. The van der Waals surface area contributed by atoms with Crippen molar-refractivity contribution in [2.75, 3.05) is 12.9 Å². The highest BCUT2D eigenvalue weighted by Gasteiger charge is 2.39. The molecule has 6 heteroatoms. The molecule has 0 amide bonds. The van der Waals surface area contributed by atoms with Gasteiger partial charge in [0.1, 0.15) is 0 Å². The fourth-order valence-electron chi connectivity index (χ4n) is 2.27. The minimum absolute atomic E-state index is 0.188. The topological polar surface area (TPSA) is 86.5 Å². The van der Waals surface area contributed by atoms with Gasteiger partial charge in [0.05, 0.1) is 24.0 Å². The molecule has 0 heterocycles. The van der Waals surface area contributed by atoms with Crippen molar-refractivity contribution in [2.45, 2.75) is 30.1 Å². The molecule has 0 aromatic heterocycles. The number of carbonyl (C=O) groups is 1. The summed E-state index contributed by atoms with van der Waals surface area (Å²) in [6, 6.07) is 8.11. The molecule has 0 spiro atoms. The molecule has 0 bridgehead atoms. The minimum Gasteiger partial charge on any atom is -0.469 e. The van der Waals surface area contributed by atoms with Gasteiger partial charge in [0, 0.05) is 6.04 Å². The van der Waals surface area contributed by atoms with Gasteiger partial charge in [-0.15, -0.1) is 0 Å². The zero-order valence-corrected chi connectivity index (χ0v) is 12.2. The summed E-state index contributed by atoms with van der Waals surface area (Å²) in [4.78, 5) is 11.9. The largest absolute Gasteiger partial charge is 0.469 e. The van der Waals surface area contributed by atoms with Gasteiger partial charge in [-0.1, -0.05) is 30.3 Å². The van der Waals surface area contributed by atoms with Crippen molar-refractivity contribution in [3.8, 4) is 0 Å². The molecule has 2 atom stereocenters. The van der Waals surface area contributed by atoms with E-state index in [-0.39, 0.29) is 11.0 Å². The number of methoxy groups -OCH3 is 1. The smallest absolute Gasteiger partial charge is 0.314 e. The van der Waals surface area contributed by atoms with Crippen LogP contribution in [0.1, 0.15) is 24.3 Å². The fourth-order valence-corrected chi connectivity index (χ4v) is 4.13. The average Bonchev–Trinajstić information content (AvgIpc) is 3.24. The Morgan fingerprint density at radius 1 is 1.35 bits per heavy atom. The van der Waals surface area contributed by atoms with E-state index in [2.05, 4.69) is 0 Å². The Kier molecular flexibility index (Phi) is 4.45. The van der Waals surface area contributed by atoms with Crippen molar-refractivity contribution in [1.29, 1.82) is 0 Å². The van der Waals surface area contributed by atoms with Crippen LogP contribution in [0.15, 0.2) is 30.3 Å². The first-order chi connectivity index (χ1) is 9.45. The van der Waals surface area contributed by atoms with Crippen molar-refractivity contribution in [3.05, 3.63) is 35.9 Å². The molecule has 1 fully saturated rings. The van der Waals surface area contributed by atoms with Crippen molar-refractivity contribution < 1.29 is 17.9 Å². The normalized spacial score (nSPS) is 18.3.